The van der Waals surface area contributed by atoms with Gasteiger partial charge in [-0.3, -0.25) is 0 Å². The van der Waals surface area contributed by atoms with E-state index in [1.54, 1.807) is 25.4 Å². The first kappa shape index (κ1) is 14.7. The van der Waals surface area contributed by atoms with Crippen LogP contribution in [0.4, 0.5) is 19.1 Å². The summed E-state index contributed by atoms with van der Waals surface area (Å²) < 4.78 is 38.8. The van der Waals surface area contributed by atoms with Crippen molar-refractivity contribution in [3.8, 4) is 0 Å². The van der Waals surface area contributed by atoms with Crippen LogP contribution < -0.4 is 4.90 Å². The predicted molar refractivity (Wildman–Crippen MR) is 73.1 cm³/mol. The minimum atomic E-state index is -4.48. The van der Waals surface area contributed by atoms with Crippen LogP contribution >= 0.6 is 0 Å². The zero-order valence-corrected chi connectivity index (χ0v) is 11.9. The summed E-state index contributed by atoms with van der Waals surface area (Å²) >= 11 is 0. The second-order valence-electron chi connectivity index (χ2n) is 5.15. The second-order valence-corrected chi connectivity index (χ2v) is 5.15. The molecule has 1 atom stereocenters. The number of halogens is 3. The molecule has 0 aromatic carbocycles. The quantitative estimate of drug-likeness (QED) is 0.853. The van der Waals surface area contributed by atoms with E-state index in [9.17, 15) is 13.2 Å². The van der Waals surface area contributed by atoms with Gasteiger partial charge in [0.1, 0.15) is 5.69 Å². The lowest BCUT2D eigenvalue weighted by atomic mass is 10.2. The van der Waals surface area contributed by atoms with Crippen LogP contribution in [0.3, 0.4) is 0 Å². The van der Waals surface area contributed by atoms with Gasteiger partial charge in [0.25, 0.3) is 0 Å². The van der Waals surface area contributed by atoms with Crippen LogP contribution in [-0.4, -0.2) is 26.5 Å². The molecule has 0 N–H and O–H groups in total. The van der Waals surface area contributed by atoms with Gasteiger partial charge in [-0.15, -0.1) is 0 Å². The molecule has 2 aromatic rings. The summed E-state index contributed by atoms with van der Waals surface area (Å²) in [6.07, 6.45) is 0.252. The zero-order chi connectivity index (χ0) is 15.7. The molecule has 5 nitrogen and oxygen atoms in total. The van der Waals surface area contributed by atoms with Crippen molar-refractivity contribution < 1.29 is 13.2 Å². The summed E-state index contributed by atoms with van der Waals surface area (Å²) in [5, 5.41) is 0. The Morgan fingerprint density at radius 3 is 2.59 bits per heavy atom. The number of hydrogen-bond acceptors (Lipinski definition) is 5. The van der Waals surface area contributed by atoms with Crippen molar-refractivity contribution in [3.63, 3.8) is 0 Å². The maximum Gasteiger partial charge on any atom is 0.433 e. The van der Waals surface area contributed by atoms with E-state index >= 15 is 0 Å². The van der Waals surface area contributed by atoms with Crippen molar-refractivity contribution in [2.75, 3.05) is 11.4 Å². The van der Waals surface area contributed by atoms with Crippen LogP contribution in [0.5, 0.6) is 0 Å². The van der Waals surface area contributed by atoms with Crippen molar-refractivity contribution in [2.45, 2.75) is 32.0 Å². The number of rotatable bonds is 2. The number of anilines is 1. The number of nitrogens with zero attached hydrogens (tertiary/aromatic N) is 5. The van der Waals surface area contributed by atoms with Gasteiger partial charge in [0.2, 0.25) is 5.95 Å². The van der Waals surface area contributed by atoms with E-state index in [2.05, 4.69) is 19.9 Å². The largest absolute Gasteiger partial charge is 0.433 e. The lowest BCUT2D eigenvalue weighted by molar-refractivity contribution is -0.141. The van der Waals surface area contributed by atoms with Gasteiger partial charge < -0.3 is 4.90 Å². The van der Waals surface area contributed by atoms with Crippen molar-refractivity contribution >= 4 is 5.95 Å². The lowest BCUT2D eigenvalue weighted by Crippen LogP contribution is -2.27. The Kier molecular flexibility index (Phi) is 3.67. The normalized spacial score (nSPS) is 18.7. The summed E-state index contributed by atoms with van der Waals surface area (Å²) in [7, 11) is 0. The van der Waals surface area contributed by atoms with Crippen molar-refractivity contribution in [3.05, 3.63) is 41.7 Å². The minimum absolute atomic E-state index is 0.178. The fraction of sp³-hybridized carbons (Fsp3) is 0.429. The van der Waals surface area contributed by atoms with E-state index in [1.165, 1.54) is 0 Å². The smallest absolute Gasteiger partial charge is 0.331 e. The van der Waals surface area contributed by atoms with E-state index < -0.39 is 11.9 Å². The van der Waals surface area contributed by atoms with E-state index in [1.807, 2.05) is 4.90 Å². The van der Waals surface area contributed by atoms with Gasteiger partial charge in [0.15, 0.2) is 5.82 Å². The Labute approximate surface area is 125 Å². The molecule has 0 spiro atoms. The van der Waals surface area contributed by atoms with Crippen molar-refractivity contribution in [2.24, 2.45) is 0 Å². The van der Waals surface area contributed by atoms with Crippen LogP contribution in [0, 0.1) is 6.92 Å². The highest BCUT2D eigenvalue weighted by Crippen LogP contribution is 2.34. The number of hydrogen-bond donors (Lipinski definition) is 0. The minimum Gasteiger partial charge on any atom is -0.331 e. The van der Waals surface area contributed by atoms with E-state index in [0.29, 0.717) is 24.6 Å². The Morgan fingerprint density at radius 2 is 1.91 bits per heavy atom. The molecule has 1 saturated heterocycles. The molecule has 3 rings (SSSR count). The van der Waals surface area contributed by atoms with Gasteiger partial charge in [-0.1, -0.05) is 0 Å². The van der Waals surface area contributed by atoms with Crippen LogP contribution in [-0.2, 0) is 6.18 Å². The number of aryl methyl sites for hydroxylation is 1. The van der Waals surface area contributed by atoms with Crippen LogP contribution in [0.15, 0.2) is 24.5 Å². The molecule has 0 radical (unpaired) electrons. The molecular formula is C14H14F3N5. The average molecular weight is 309 g/mol. The Bertz CT molecular complexity index is 659. The molecule has 22 heavy (non-hydrogen) atoms. The molecule has 1 aliphatic heterocycles. The Hall–Kier alpha value is -2.25. The van der Waals surface area contributed by atoms with Crippen LogP contribution in [0.25, 0.3) is 0 Å². The van der Waals surface area contributed by atoms with E-state index in [4.69, 9.17) is 0 Å². The highest BCUT2D eigenvalue weighted by molar-refractivity contribution is 5.34. The summed E-state index contributed by atoms with van der Waals surface area (Å²) in [6.45, 7) is 2.21. The van der Waals surface area contributed by atoms with Crippen molar-refractivity contribution in [1.29, 1.82) is 0 Å². The number of alkyl halides is 3. The molecule has 1 aliphatic rings. The molecule has 3 heterocycles. The highest BCUT2D eigenvalue weighted by atomic mass is 19.4. The van der Waals surface area contributed by atoms with Gasteiger partial charge in [-0.2, -0.15) is 13.2 Å². The van der Waals surface area contributed by atoms with Gasteiger partial charge in [-0.05, 0) is 31.9 Å². The first-order chi connectivity index (χ1) is 10.4. The summed E-state index contributed by atoms with van der Waals surface area (Å²) in [5.74, 6) is 0.668. The fourth-order valence-electron chi connectivity index (χ4n) is 2.60. The molecule has 0 amide bonds. The third-order valence-electron chi connectivity index (χ3n) is 3.52. The maximum absolute atomic E-state index is 12.9. The zero-order valence-electron chi connectivity index (χ0n) is 11.9. The molecule has 0 saturated carbocycles. The second kappa shape index (κ2) is 5.51. The third kappa shape index (κ3) is 2.86. The maximum atomic E-state index is 12.9. The van der Waals surface area contributed by atoms with Crippen LogP contribution in [0.1, 0.15) is 36.1 Å². The predicted octanol–water partition coefficient (Wildman–Crippen LogP) is 2.94. The molecule has 0 aliphatic carbocycles. The number of aromatic nitrogens is 4. The van der Waals surface area contributed by atoms with Gasteiger partial charge >= 0.3 is 6.18 Å². The summed E-state index contributed by atoms with van der Waals surface area (Å²) in [6, 6.07) is 2.32. The monoisotopic (exact) mass is 309 g/mol. The van der Waals surface area contributed by atoms with Gasteiger partial charge in [0, 0.05) is 24.6 Å². The van der Waals surface area contributed by atoms with E-state index in [0.717, 1.165) is 12.5 Å². The lowest BCUT2D eigenvalue weighted by Gasteiger charge is -2.24. The SMILES string of the molecule is Cc1cc(C(F)(F)F)nc([C@H]2CCCN2c2ncccn2)n1. The first-order valence-electron chi connectivity index (χ1n) is 6.91. The molecular weight excluding hydrogens is 295 g/mol. The topological polar surface area (TPSA) is 54.8 Å². The summed E-state index contributed by atoms with van der Waals surface area (Å²) in [5.41, 5.74) is -0.603. The molecule has 8 heteroatoms. The molecule has 2 aromatic heterocycles. The molecule has 0 unspecified atom stereocenters. The highest BCUT2D eigenvalue weighted by Gasteiger charge is 2.36. The molecule has 116 valence electrons. The Morgan fingerprint density at radius 1 is 1.18 bits per heavy atom. The van der Waals surface area contributed by atoms with E-state index in [-0.39, 0.29) is 11.9 Å². The average Bonchev–Trinajstić information content (AvgIpc) is 2.96. The third-order valence-corrected chi connectivity index (χ3v) is 3.52. The van der Waals surface area contributed by atoms with Gasteiger partial charge in [-0.25, -0.2) is 19.9 Å². The first-order valence-corrected chi connectivity index (χ1v) is 6.91. The molecule has 0 bridgehead atoms. The summed E-state index contributed by atoms with van der Waals surface area (Å²) in [4.78, 5) is 18.1. The van der Waals surface area contributed by atoms with Gasteiger partial charge in [0.05, 0.1) is 6.04 Å². The Balaban J connectivity index is 1.98. The molecule has 1 fully saturated rings. The standard InChI is InChI=1S/C14H14F3N5/c1-9-8-11(14(15,16)17)21-12(20-9)10-4-2-7-22(10)13-18-5-3-6-19-13/h3,5-6,8,10H,2,4,7H2,1H3/t10-/m1/s1. The van der Waals surface area contributed by atoms with Crippen LogP contribution in [0.2, 0.25) is 0 Å². The van der Waals surface area contributed by atoms with Crippen molar-refractivity contribution in [1.82, 2.24) is 19.9 Å². The fourth-order valence-corrected chi connectivity index (χ4v) is 2.60.